The molecule has 0 aromatic heterocycles. The Labute approximate surface area is 89.1 Å². The molecular weight excluding hydrogens is 190 g/mol. The first kappa shape index (κ1) is 11.1. The van der Waals surface area contributed by atoms with Crippen molar-refractivity contribution in [2.24, 2.45) is 0 Å². The lowest BCUT2D eigenvalue weighted by atomic mass is 10.1. The van der Waals surface area contributed by atoms with Crippen LogP contribution in [0.25, 0.3) is 0 Å². The van der Waals surface area contributed by atoms with Crippen LogP contribution in [0.5, 0.6) is 5.75 Å². The minimum absolute atomic E-state index is 0.00629. The summed E-state index contributed by atoms with van der Waals surface area (Å²) >= 11 is 0. The number of terminal acetylenes is 1. The van der Waals surface area contributed by atoms with E-state index in [0.29, 0.717) is 13.0 Å². The SMILES string of the molecule is C#CCCNC(=O)c1ccc(C)cc1O. The van der Waals surface area contributed by atoms with Crippen LogP contribution in [0.4, 0.5) is 0 Å². The van der Waals surface area contributed by atoms with Crippen LogP contribution in [0.2, 0.25) is 0 Å². The number of nitrogens with one attached hydrogen (secondary N) is 1. The van der Waals surface area contributed by atoms with E-state index in [1.54, 1.807) is 18.2 Å². The van der Waals surface area contributed by atoms with Gasteiger partial charge in [-0.05, 0) is 24.6 Å². The van der Waals surface area contributed by atoms with E-state index in [1.165, 1.54) is 0 Å². The molecule has 1 amide bonds. The highest BCUT2D eigenvalue weighted by Gasteiger charge is 2.09. The number of benzene rings is 1. The van der Waals surface area contributed by atoms with Gasteiger partial charge in [0, 0.05) is 13.0 Å². The number of aryl methyl sites for hydroxylation is 1. The van der Waals surface area contributed by atoms with Gasteiger partial charge in [0.2, 0.25) is 0 Å². The molecule has 0 saturated heterocycles. The van der Waals surface area contributed by atoms with Gasteiger partial charge in [-0.2, -0.15) is 0 Å². The van der Waals surface area contributed by atoms with Crippen LogP contribution >= 0.6 is 0 Å². The molecule has 1 aromatic rings. The number of carbonyl (C=O) groups excluding carboxylic acids is 1. The van der Waals surface area contributed by atoms with Crippen LogP contribution in [0.1, 0.15) is 22.3 Å². The van der Waals surface area contributed by atoms with Crippen molar-refractivity contribution in [1.29, 1.82) is 0 Å². The van der Waals surface area contributed by atoms with Gasteiger partial charge in [-0.25, -0.2) is 0 Å². The first-order valence-electron chi connectivity index (χ1n) is 4.66. The highest BCUT2D eigenvalue weighted by molar-refractivity contribution is 5.96. The minimum Gasteiger partial charge on any atom is -0.507 e. The Morgan fingerprint density at radius 3 is 2.93 bits per heavy atom. The Balaban J connectivity index is 2.70. The molecule has 78 valence electrons. The molecule has 1 rings (SSSR count). The summed E-state index contributed by atoms with van der Waals surface area (Å²) in [6.07, 6.45) is 5.54. The lowest BCUT2D eigenvalue weighted by Gasteiger charge is -2.05. The van der Waals surface area contributed by atoms with E-state index in [-0.39, 0.29) is 17.2 Å². The maximum Gasteiger partial charge on any atom is 0.255 e. The van der Waals surface area contributed by atoms with Crippen molar-refractivity contribution < 1.29 is 9.90 Å². The van der Waals surface area contributed by atoms with E-state index in [4.69, 9.17) is 6.42 Å². The fourth-order valence-corrected chi connectivity index (χ4v) is 1.18. The molecular formula is C12H13NO2. The molecule has 15 heavy (non-hydrogen) atoms. The Kier molecular flexibility index (Phi) is 3.75. The zero-order chi connectivity index (χ0) is 11.3. The van der Waals surface area contributed by atoms with Crippen LogP contribution in [0.15, 0.2) is 18.2 Å². The van der Waals surface area contributed by atoms with Gasteiger partial charge in [-0.15, -0.1) is 12.3 Å². The molecule has 0 bridgehead atoms. The normalized spacial score (nSPS) is 9.33. The molecule has 0 spiro atoms. The zero-order valence-electron chi connectivity index (χ0n) is 8.58. The Bertz CT molecular complexity index is 405. The van der Waals surface area contributed by atoms with Crippen molar-refractivity contribution in [3.63, 3.8) is 0 Å². The third kappa shape index (κ3) is 3.03. The number of phenols is 1. The number of carbonyl (C=O) groups is 1. The second kappa shape index (κ2) is 5.06. The number of hydrogen-bond donors (Lipinski definition) is 2. The first-order chi connectivity index (χ1) is 7.15. The van der Waals surface area contributed by atoms with Gasteiger partial charge in [0.1, 0.15) is 5.75 Å². The van der Waals surface area contributed by atoms with Crippen LogP contribution in [-0.4, -0.2) is 17.6 Å². The fraction of sp³-hybridized carbons (Fsp3) is 0.250. The van der Waals surface area contributed by atoms with Crippen molar-refractivity contribution in [3.8, 4) is 18.1 Å². The van der Waals surface area contributed by atoms with Crippen molar-refractivity contribution in [2.75, 3.05) is 6.54 Å². The van der Waals surface area contributed by atoms with Gasteiger partial charge in [0.25, 0.3) is 5.91 Å². The van der Waals surface area contributed by atoms with Crippen molar-refractivity contribution in [1.82, 2.24) is 5.32 Å². The van der Waals surface area contributed by atoms with E-state index in [1.807, 2.05) is 6.92 Å². The molecule has 3 heteroatoms. The summed E-state index contributed by atoms with van der Waals surface area (Å²) in [6, 6.07) is 4.92. The molecule has 0 saturated carbocycles. The Morgan fingerprint density at radius 1 is 1.60 bits per heavy atom. The largest absolute Gasteiger partial charge is 0.507 e. The second-order valence-electron chi connectivity index (χ2n) is 3.23. The van der Waals surface area contributed by atoms with Crippen LogP contribution in [0.3, 0.4) is 0 Å². The molecule has 3 nitrogen and oxygen atoms in total. The monoisotopic (exact) mass is 203 g/mol. The average Bonchev–Trinajstić information content (AvgIpc) is 2.17. The van der Waals surface area contributed by atoms with E-state index in [0.717, 1.165) is 5.56 Å². The molecule has 0 atom stereocenters. The van der Waals surface area contributed by atoms with E-state index >= 15 is 0 Å². The molecule has 0 fully saturated rings. The van der Waals surface area contributed by atoms with Gasteiger partial charge in [0.15, 0.2) is 0 Å². The van der Waals surface area contributed by atoms with Crippen LogP contribution in [0, 0.1) is 19.3 Å². The third-order valence-corrected chi connectivity index (χ3v) is 1.95. The predicted octanol–water partition coefficient (Wildman–Crippen LogP) is 1.45. The summed E-state index contributed by atoms with van der Waals surface area (Å²) in [5.74, 6) is 2.11. The van der Waals surface area contributed by atoms with Crippen molar-refractivity contribution >= 4 is 5.91 Å². The molecule has 0 aliphatic rings. The quantitative estimate of drug-likeness (QED) is 0.577. The fourth-order valence-electron chi connectivity index (χ4n) is 1.18. The van der Waals surface area contributed by atoms with Gasteiger partial charge >= 0.3 is 0 Å². The zero-order valence-corrected chi connectivity index (χ0v) is 8.58. The summed E-state index contributed by atoms with van der Waals surface area (Å²) in [5.41, 5.74) is 1.19. The summed E-state index contributed by atoms with van der Waals surface area (Å²) in [6.45, 7) is 2.27. The highest BCUT2D eigenvalue weighted by Crippen LogP contribution is 2.17. The van der Waals surface area contributed by atoms with E-state index in [2.05, 4.69) is 11.2 Å². The van der Waals surface area contributed by atoms with Gasteiger partial charge in [-0.1, -0.05) is 6.07 Å². The maximum absolute atomic E-state index is 11.5. The molecule has 0 radical (unpaired) electrons. The predicted molar refractivity (Wildman–Crippen MR) is 58.6 cm³/mol. The number of phenolic OH excluding ortho intramolecular Hbond substituents is 1. The lowest BCUT2D eigenvalue weighted by molar-refractivity contribution is 0.0952. The van der Waals surface area contributed by atoms with E-state index < -0.39 is 0 Å². The minimum atomic E-state index is -0.303. The number of hydrogen-bond acceptors (Lipinski definition) is 2. The summed E-state index contributed by atoms with van der Waals surface area (Å²) in [5, 5.41) is 12.1. The topological polar surface area (TPSA) is 49.3 Å². The molecule has 0 heterocycles. The third-order valence-electron chi connectivity index (χ3n) is 1.95. The van der Waals surface area contributed by atoms with Crippen molar-refractivity contribution in [3.05, 3.63) is 29.3 Å². The Hall–Kier alpha value is -1.95. The molecule has 2 N–H and O–H groups in total. The second-order valence-corrected chi connectivity index (χ2v) is 3.23. The van der Waals surface area contributed by atoms with Gasteiger partial charge < -0.3 is 10.4 Å². The van der Waals surface area contributed by atoms with Crippen LogP contribution < -0.4 is 5.32 Å². The molecule has 0 aliphatic carbocycles. The molecule has 1 aromatic carbocycles. The smallest absolute Gasteiger partial charge is 0.255 e. The Morgan fingerprint density at radius 2 is 2.33 bits per heavy atom. The first-order valence-corrected chi connectivity index (χ1v) is 4.66. The van der Waals surface area contributed by atoms with Gasteiger partial charge in [0.05, 0.1) is 5.56 Å². The van der Waals surface area contributed by atoms with Gasteiger partial charge in [-0.3, -0.25) is 4.79 Å². The molecule has 0 aliphatic heterocycles. The average molecular weight is 203 g/mol. The lowest BCUT2D eigenvalue weighted by Crippen LogP contribution is -2.24. The standard InChI is InChI=1S/C12H13NO2/c1-3-4-7-13-12(15)10-6-5-9(2)8-11(10)14/h1,5-6,8,14H,4,7H2,2H3,(H,13,15). The number of rotatable bonds is 3. The van der Waals surface area contributed by atoms with Crippen LogP contribution in [-0.2, 0) is 0 Å². The van der Waals surface area contributed by atoms with E-state index in [9.17, 15) is 9.90 Å². The number of amides is 1. The van der Waals surface area contributed by atoms with Crippen molar-refractivity contribution in [2.45, 2.75) is 13.3 Å². The molecule has 0 unspecified atom stereocenters. The summed E-state index contributed by atoms with van der Waals surface area (Å²) < 4.78 is 0. The summed E-state index contributed by atoms with van der Waals surface area (Å²) in [4.78, 5) is 11.5. The highest BCUT2D eigenvalue weighted by atomic mass is 16.3. The summed E-state index contributed by atoms with van der Waals surface area (Å²) in [7, 11) is 0. The maximum atomic E-state index is 11.5. The number of aromatic hydroxyl groups is 1.